The van der Waals surface area contributed by atoms with Gasteiger partial charge in [0.25, 0.3) is 0 Å². The molecule has 1 aromatic carbocycles. The summed E-state index contributed by atoms with van der Waals surface area (Å²) in [4.78, 5) is 27.6. The van der Waals surface area contributed by atoms with Crippen molar-refractivity contribution < 1.29 is 9.53 Å². The van der Waals surface area contributed by atoms with Crippen molar-refractivity contribution in [1.29, 1.82) is 0 Å². The first-order valence-electron chi connectivity index (χ1n) is 11.1. The number of hydrogen-bond donors (Lipinski definition) is 2. The monoisotopic (exact) mass is 421 g/mol. The van der Waals surface area contributed by atoms with Crippen LogP contribution in [0.5, 0.6) is 5.88 Å². The van der Waals surface area contributed by atoms with E-state index in [9.17, 15) is 4.79 Å². The van der Waals surface area contributed by atoms with E-state index < -0.39 is 0 Å². The minimum absolute atomic E-state index is 0.0675. The van der Waals surface area contributed by atoms with Crippen molar-refractivity contribution in [2.45, 2.75) is 38.6 Å². The number of amides is 1. The maximum atomic E-state index is 12.7. The molecule has 7 nitrogen and oxygen atoms in total. The number of imidazole rings is 1. The number of carbonyl (C=O) groups excluding carboxylic acids is 1. The largest absolute Gasteiger partial charge is 0.480 e. The van der Waals surface area contributed by atoms with Gasteiger partial charge in [-0.05, 0) is 25.6 Å². The van der Waals surface area contributed by atoms with Gasteiger partial charge in [-0.2, -0.15) is 0 Å². The minimum atomic E-state index is -0.127. The van der Waals surface area contributed by atoms with E-state index in [2.05, 4.69) is 38.2 Å². The second-order valence-corrected chi connectivity index (χ2v) is 8.40. The number of para-hydroxylation sites is 1. The Morgan fingerprint density at radius 3 is 2.87 bits per heavy atom. The minimum Gasteiger partial charge on any atom is -0.480 e. The van der Waals surface area contributed by atoms with Gasteiger partial charge < -0.3 is 19.9 Å². The van der Waals surface area contributed by atoms with Crippen LogP contribution < -0.4 is 10.1 Å². The lowest BCUT2D eigenvalue weighted by Gasteiger charge is -2.35. The van der Waals surface area contributed by atoms with Crippen molar-refractivity contribution in [1.82, 2.24) is 25.2 Å². The van der Waals surface area contributed by atoms with Gasteiger partial charge >= 0.3 is 0 Å². The molecule has 0 radical (unpaired) electrons. The number of hydrogen-bond acceptors (Lipinski definition) is 5. The molecule has 1 amide bonds. The van der Waals surface area contributed by atoms with E-state index in [0.29, 0.717) is 5.88 Å². The van der Waals surface area contributed by atoms with Gasteiger partial charge in [0, 0.05) is 18.5 Å². The van der Waals surface area contributed by atoms with E-state index in [1.165, 1.54) is 0 Å². The third kappa shape index (κ3) is 4.71. The van der Waals surface area contributed by atoms with Crippen LogP contribution in [0.3, 0.4) is 0 Å². The Labute approximate surface area is 183 Å². The van der Waals surface area contributed by atoms with E-state index in [4.69, 9.17) is 4.74 Å². The Morgan fingerprint density at radius 1 is 1.32 bits per heavy atom. The quantitative estimate of drug-likeness (QED) is 0.512. The van der Waals surface area contributed by atoms with Gasteiger partial charge in [-0.3, -0.25) is 4.79 Å². The van der Waals surface area contributed by atoms with E-state index in [1.54, 1.807) is 13.3 Å². The van der Waals surface area contributed by atoms with Crippen molar-refractivity contribution >= 4 is 16.8 Å². The van der Waals surface area contributed by atoms with E-state index in [1.807, 2.05) is 31.3 Å². The summed E-state index contributed by atoms with van der Waals surface area (Å²) in [5.41, 5.74) is 2.58. The van der Waals surface area contributed by atoms with Crippen LogP contribution in [0.1, 0.15) is 44.5 Å². The van der Waals surface area contributed by atoms with Crippen LogP contribution in [0.4, 0.5) is 0 Å². The third-order valence-corrected chi connectivity index (χ3v) is 5.95. The number of H-pyrrole nitrogens is 1. The van der Waals surface area contributed by atoms with Crippen LogP contribution in [0.25, 0.3) is 22.2 Å². The molecule has 0 bridgehead atoms. The first-order chi connectivity index (χ1) is 15.1. The Morgan fingerprint density at radius 2 is 2.13 bits per heavy atom. The Kier molecular flexibility index (Phi) is 6.51. The van der Waals surface area contributed by atoms with Crippen molar-refractivity contribution in [3.05, 3.63) is 42.4 Å². The molecule has 1 aliphatic rings. The van der Waals surface area contributed by atoms with Crippen molar-refractivity contribution in [3.63, 3.8) is 0 Å². The second kappa shape index (κ2) is 9.47. The highest BCUT2D eigenvalue weighted by atomic mass is 16.5. The molecule has 0 spiro atoms. The molecule has 2 aromatic heterocycles. The summed E-state index contributed by atoms with van der Waals surface area (Å²) in [7, 11) is 3.66. The molecule has 1 saturated heterocycles. The summed E-state index contributed by atoms with van der Waals surface area (Å²) < 4.78 is 5.55. The highest BCUT2D eigenvalue weighted by molar-refractivity contribution is 5.85. The Balaban J connectivity index is 1.59. The van der Waals surface area contributed by atoms with Crippen LogP contribution >= 0.6 is 0 Å². The van der Waals surface area contributed by atoms with Gasteiger partial charge in [0.2, 0.25) is 11.8 Å². The predicted octanol–water partition coefficient (Wildman–Crippen LogP) is 3.93. The number of unbranched alkanes of at least 4 members (excludes halogenated alkanes) is 2. The number of benzene rings is 1. The fourth-order valence-electron chi connectivity index (χ4n) is 4.13. The van der Waals surface area contributed by atoms with Crippen LogP contribution in [0, 0.1) is 5.92 Å². The molecule has 0 unspecified atom stereocenters. The molecule has 1 atom stereocenters. The van der Waals surface area contributed by atoms with Gasteiger partial charge in [0.1, 0.15) is 5.82 Å². The summed E-state index contributed by atoms with van der Waals surface area (Å²) in [5, 5.41) is 4.27. The lowest BCUT2D eigenvalue weighted by molar-refractivity contribution is -0.130. The number of nitrogens with zero attached hydrogens (tertiary/aromatic N) is 3. The number of nitrogens with one attached hydrogen (secondary N) is 2. The molecule has 4 rings (SSSR count). The average molecular weight is 422 g/mol. The number of aromatic nitrogens is 3. The molecular formula is C24H31N5O2. The zero-order valence-electron chi connectivity index (χ0n) is 18.5. The Bertz CT molecular complexity index is 1040. The molecule has 0 aliphatic carbocycles. The van der Waals surface area contributed by atoms with Crippen LogP contribution in [-0.2, 0) is 4.79 Å². The van der Waals surface area contributed by atoms with E-state index >= 15 is 0 Å². The predicted molar refractivity (Wildman–Crippen MR) is 122 cm³/mol. The number of fused-ring (bicyclic) bond motifs is 1. The number of ether oxygens (including phenoxy) is 1. The van der Waals surface area contributed by atoms with Crippen molar-refractivity contribution in [2.24, 2.45) is 5.92 Å². The molecule has 7 heteroatoms. The maximum absolute atomic E-state index is 12.7. The number of rotatable bonds is 9. The molecule has 0 saturated carbocycles. The second-order valence-electron chi connectivity index (χ2n) is 8.40. The van der Waals surface area contributed by atoms with Gasteiger partial charge in [-0.25, -0.2) is 9.97 Å². The fourth-order valence-corrected chi connectivity index (χ4v) is 4.13. The Hall–Kier alpha value is -2.93. The smallest absolute Gasteiger partial charge is 0.226 e. The molecular weight excluding hydrogens is 390 g/mol. The molecule has 3 heterocycles. The van der Waals surface area contributed by atoms with Gasteiger partial charge in [-0.15, -0.1) is 0 Å². The number of aromatic amines is 1. The average Bonchev–Trinajstić information content (AvgIpc) is 3.25. The summed E-state index contributed by atoms with van der Waals surface area (Å²) in [6.45, 7) is 3.82. The fraction of sp³-hybridized carbons (Fsp3) is 0.458. The number of likely N-dealkylation sites (tertiary alicyclic amines) is 1. The number of methoxy groups -OCH3 is 1. The SMILES string of the molecule is CCCCC[C@H](NC(=O)C1CN(C)C1)c1ncc(-c2cc3ccccc3nc2OC)[nH]1. The van der Waals surface area contributed by atoms with Gasteiger partial charge in [0.05, 0.1) is 42.0 Å². The summed E-state index contributed by atoms with van der Waals surface area (Å²) in [6.07, 6.45) is 5.98. The zero-order valence-corrected chi connectivity index (χ0v) is 18.5. The lowest BCUT2D eigenvalue weighted by atomic mass is 9.99. The van der Waals surface area contributed by atoms with Gasteiger partial charge in [0.15, 0.2) is 0 Å². The molecule has 164 valence electrons. The van der Waals surface area contributed by atoms with Crippen molar-refractivity contribution in [2.75, 3.05) is 27.2 Å². The van der Waals surface area contributed by atoms with Crippen LogP contribution in [-0.4, -0.2) is 53.0 Å². The lowest BCUT2D eigenvalue weighted by Crippen LogP contribution is -2.52. The van der Waals surface area contributed by atoms with E-state index in [-0.39, 0.29) is 17.9 Å². The zero-order chi connectivity index (χ0) is 21.8. The van der Waals surface area contributed by atoms with Crippen LogP contribution in [0.15, 0.2) is 36.5 Å². The maximum Gasteiger partial charge on any atom is 0.226 e. The number of pyridine rings is 1. The molecule has 31 heavy (non-hydrogen) atoms. The van der Waals surface area contributed by atoms with Gasteiger partial charge in [-0.1, -0.05) is 44.4 Å². The van der Waals surface area contributed by atoms with Crippen LogP contribution in [0.2, 0.25) is 0 Å². The molecule has 3 aromatic rings. The summed E-state index contributed by atoms with van der Waals surface area (Å²) >= 11 is 0. The van der Waals surface area contributed by atoms with Crippen molar-refractivity contribution in [3.8, 4) is 17.1 Å². The first-order valence-corrected chi connectivity index (χ1v) is 11.1. The molecule has 1 aliphatic heterocycles. The summed E-state index contributed by atoms with van der Waals surface area (Å²) in [6, 6.07) is 9.90. The summed E-state index contributed by atoms with van der Waals surface area (Å²) in [5.74, 6) is 1.51. The molecule has 1 fully saturated rings. The standard InChI is InChI=1S/C24H31N5O2/c1-4-5-6-11-20(27-23(30)17-14-29(2)15-17)22-25-13-21(26-22)18-12-16-9-7-8-10-19(16)28-24(18)31-3/h7-10,12-13,17,20H,4-6,11,14-15H2,1-3H3,(H,25,26)(H,27,30)/t20-/m0/s1. The highest BCUT2D eigenvalue weighted by Gasteiger charge is 2.31. The third-order valence-electron chi connectivity index (χ3n) is 5.95. The topological polar surface area (TPSA) is 83.1 Å². The first kappa shape index (κ1) is 21.3. The highest BCUT2D eigenvalue weighted by Crippen LogP contribution is 2.31. The molecule has 2 N–H and O–H groups in total. The van der Waals surface area contributed by atoms with E-state index in [0.717, 1.165) is 66.8 Å². The normalized spacial score (nSPS) is 15.6. The number of carbonyl (C=O) groups is 1.